The van der Waals surface area contributed by atoms with Crippen LogP contribution in [-0.4, -0.2) is 28.1 Å². The average Bonchev–Trinajstić information content (AvgIpc) is 2.39. The van der Waals surface area contributed by atoms with Crippen LogP contribution >= 0.6 is 11.6 Å². The molecule has 0 amide bonds. The average molecular weight is 264 g/mol. The Kier molecular flexibility index (Phi) is 3.43. The van der Waals surface area contributed by atoms with Gasteiger partial charge < -0.3 is 10.4 Å². The summed E-state index contributed by atoms with van der Waals surface area (Å²) in [5.74, 6) is -0.299. The maximum Gasteiger partial charge on any atom is 0.354 e. The summed E-state index contributed by atoms with van der Waals surface area (Å²) in [5.41, 5.74) is 0.651. The van der Waals surface area contributed by atoms with Crippen LogP contribution in [0.1, 0.15) is 10.5 Å². The second-order valence-corrected chi connectivity index (χ2v) is 3.96. The molecule has 0 unspecified atom stereocenters. The number of aromatic nitrogens is 2. The topological polar surface area (TPSA) is 75.1 Å². The number of rotatable bonds is 3. The lowest BCUT2D eigenvalue weighted by Crippen LogP contribution is -2.05. The molecule has 1 heterocycles. The molecule has 0 radical (unpaired) electrons. The van der Waals surface area contributed by atoms with Crippen molar-refractivity contribution in [1.29, 1.82) is 0 Å². The molecule has 2 rings (SSSR count). The normalized spacial score (nSPS) is 10.1. The predicted molar refractivity (Wildman–Crippen MR) is 69.0 cm³/mol. The van der Waals surface area contributed by atoms with Crippen molar-refractivity contribution in [3.8, 4) is 11.4 Å². The molecule has 0 bridgehead atoms. The summed E-state index contributed by atoms with van der Waals surface area (Å²) in [6.45, 7) is 0. The van der Waals surface area contributed by atoms with Gasteiger partial charge in [-0.25, -0.2) is 14.8 Å². The summed E-state index contributed by atoms with van der Waals surface area (Å²) in [6, 6.07) is 8.26. The lowest BCUT2D eigenvalue weighted by molar-refractivity contribution is 0.0690. The Labute approximate surface area is 108 Å². The van der Waals surface area contributed by atoms with E-state index in [2.05, 4.69) is 15.3 Å². The Morgan fingerprint density at radius 2 is 1.94 bits per heavy atom. The SMILES string of the molecule is CNc1cc(C(=O)O)nc(-c2ccc(Cl)cc2)n1. The maximum absolute atomic E-state index is 11.0. The molecule has 0 spiro atoms. The van der Waals surface area contributed by atoms with Gasteiger partial charge >= 0.3 is 5.97 Å². The Balaban J connectivity index is 2.52. The van der Waals surface area contributed by atoms with Gasteiger partial charge in [0.05, 0.1) is 0 Å². The minimum atomic E-state index is -1.09. The monoisotopic (exact) mass is 263 g/mol. The van der Waals surface area contributed by atoms with Gasteiger partial charge in [0.15, 0.2) is 11.5 Å². The van der Waals surface area contributed by atoms with Gasteiger partial charge in [-0.15, -0.1) is 0 Å². The van der Waals surface area contributed by atoms with E-state index in [1.54, 1.807) is 31.3 Å². The van der Waals surface area contributed by atoms with Crippen LogP contribution in [0.4, 0.5) is 5.82 Å². The van der Waals surface area contributed by atoms with Gasteiger partial charge in [-0.2, -0.15) is 0 Å². The molecule has 92 valence electrons. The second-order valence-electron chi connectivity index (χ2n) is 3.52. The van der Waals surface area contributed by atoms with E-state index in [0.717, 1.165) is 0 Å². The number of benzene rings is 1. The van der Waals surface area contributed by atoms with Crippen molar-refractivity contribution in [2.24, 2.45) is 0 Å². The quantitative estimate of drug-likeness (QED) is 0.890. The standard InChI is InChI=1S/C12H10ClN3O2/c1-14-10-6-9(12(17)18)15-11(16-10)7-2-4-8(13)5-3-7/h2-6H,1H3,(H,17,18)(H,14,15,16). The fourth-order valence-corrected chi connectivity index (χ4v) is 1.54. The molecule has 1 aromatic heterocycles. The van der Waals surface area contributed by atoms with Crippen molar-refractivity contribution in [2.75, 3.05) is 12.4 Å². The highest BCUT2D eigenvalue weighted by molar-refractivity contribution is 6.30. The van der Waals surface area contributed by atoms with Crippen molar-refractivity contribution in [2.45, 2.75) is 0 Å². The second kappa shape index (κ2) is 5.01. The summed E-state index contributed by atoms with van der Waals surface area (Å²) in [4.78, 5) is 19.2. The molecular weight excluding hydrogens is 254 g/mol. The summed E-state index contributed by atoms with van der Waals surface area (Å²) < 4.78 is 0. The lowest BCUT2D eigenvalue weighted by atomic mass is 10.2. The van der Waals surface area contributed by atoms with Crippen LogP contribution in [0.25, 0.3) is 11.4 Å². The Morgan fingerprint density at radius 1 is 1.28 bits per heavy atom. The summed E-state index contributed by atoms with van der Waals surface area (Å²) in [6.07, 6.45) is 0. The van der Waals surface area contributed by atoms with Crippen molar-refractivity contribution in [3.63, 3.8) is 0 Å². The number of anilines is 1. The van der Waals surface area contributed by atoms with Crippen LogP contribution in [0.2, 0.25) is 5.02 Å². The molecule has 2 aromatic rings. The molecular formula is C12H10ClN3O2. The van der Waals surface area contributed by atoms with E-state index in [1.807, 2.05) is 0 Å². The van der Waals surface area contributed by atoms with Crippen LogP contribution in [0.15, 0.2) is 30.3 Å². The Hall–Kier alpha value is -2.14. The van der Waals surface area contributed by atoms with Gasteiger partial charge in [0.2, 0.25) is 0 Å². The van der Waals surface area contributed by atoms with Crippen LogP contribution in [0.3, 0.4) is 0 Å². The van der Waals surface area contributed by atoms with Gasteiger partial charge in [-0.05, 0) is 24.3 Å². The zero-order valence-corrected chi connectivity index (χ0v) is 10.3. The lowest BCUT2D eigenvalue weighted by Gasteiger charge is -2.05. The minimum absolute atomic E-state index is 0.0562. The first-order valence-corrected chi connectivity index (χ1v) is 5.54. The Morgan fingerprint density at radius 3 is 2.50 bits per heavy atom. The van der Waals surface area contributed by atoms with Crippen LogP contribution in [-0.2, 0) is 0 Å². The number of nitrogens with zero attached hydrogens (tertiary/aromatic N) is 2. The molecule has 18 heavy (non-hydrogen) atoms. The van der Waals surface area contributed by atoms with E-state index in [0.29, 0.717) is 22.2 Å². The molecule has 2 N–H and O–H groups in total. The summed E-state index contributed by atoms with van der Waals surface area (Å²) in [5, 5.41) is 12.4. The first-order valence-electron chi connectivity index (χ1n) is 5.16. The van der Waals surface area contributed by atoms with Gasteiger partial charge in [-0.3, -0.25) is 0 Å². The molecule has 6 heteroatoms. The van der Waals surface area contributed by atoms with E-state index in [-0.39, 0.29) is 5.69 Å². The minimum Gasteiger partial charge on any atom is -0.477 e. The Bertz CT molecular complexity index is 584. The van der Waals surface area contributed by atoms with Crippen molar-refractivity contribution in [1.82, 2.24) is 9.97 Å². The molecule has 0 aliphatic carbocycles. The highest BCUT2D eigenvalue weighted by Crippen LogP contribution is 2.20. The molecule has 1 aromatic carbocycles. The van der Waals surface area contributed by atoms with Crippen molar-refractivity contribution < 1.29 is 9.90 Å². The van der Waals surface area contributed by atoms with Gasteiger partial charge in [0, 0.05) is 23.7 Å². The largest absolute Gasteiger partial charge is 0.477 e. The number of hydrogen-bond acceptors (Lipinski definition) is 4. The smallest absolute Gasteiger partial charge is 0.354 e. The highest BCUT2D eigenvalue weighted by Gasteiger charge is 2.11. The third-order valence-corrected chi connectivity index (χ3v) is 2.56. The zero-order chi connectivity index (χ0) is 13.1. The van der Waals surface area contributed by atoms with E-state index < -0.39 is 5.97 Å². The summed E-state index contributed by atoms with van der Waals surface area (Å²) in [7, 11) is 1.67. The van der Waals surface area contributed by atoms with E-state index >= 15 is 0 Å². The zero-order valence-electron chi connectivity index (χ0n) is 9.51. The van der Waals surface area contributed by atoms with E-state index in [9.17, 15) is 4.79 Å². The highest BCUT2D eigenvalue weighted by atomic mass is 35.5. The molecule has 0 fully saturated rings. The number of aromatic carboxylic acids is 1. The molecule has 5 nitrogen and oxygen atoms in total. The fourth-order valence-electron chi connectivity index (χ4n) is 1.41. The number of carboxylic acids is 1. The van der Waals surface area contributed by atoms with Gasteiger partial charge in [0.1, 0.15) is 5.82 Å². The number of halogens is 1. The third kappa shape index (κ3) is 2.57. The van der Waals surface area contributed by atoms with Crippen LogP contribution < -0.4 is 5.32 Å². The van der Waals surface area contributed by atoms with Crippen LogP contribution in [0.5, 0.6) is 0 Å². The van der Waals surface area contributed by atoms with E-state index in [1.165, 1.54) is 6.07 Å². The van der Waals surface area contributed by atoms with Crippen molar-refractivity contribution in [3.05, 3.63) is 41.0 Å². The molecule has 0 saturated carbocycles. The molecule has 0 aliphatic heterocycles. The van der Waals surface area contributed by atoms with Gasteiger partial charge in [0.25, 0.3) is 0 Å². The van der Waals surface area contributed by atoms with Crippen LogP contribution in [0, 0.1) is 0 Å². The third-order valence-electron chi connectivity index (χ3n) is 2.30. The van der Waals surface area contributed by atoms with E-state index in [4.69, 9.17) is 16.7 Å². The molecule has 0 saturated heterocycles. The fraction of sp³-hybridized carbons (Fsp3) is 0.0833. The van der Waals surface area contributed by atoms with Gasteiger partial charge in [-0.1, -0.05) is 11.6 Å². The predicted octanol–water partition coefficient (Wildman–Crippen LogP) is 2.54. The molecule has 0 atom stereocenters. The first-order chi connectivity index (χ1) is 8.60. The molecule has 0 aliphatic rings. The number of hydrogen-bond donors (Lipinski definition) is 2. The maximum atomic E-state index is 11.0. The first kappa shape index (κ1) is 12.3. The number of carbonyl (C=O) groups is 1. The number of carboxylic acid groups (broad SMARTS) is 1. The van der Waals surface area contributed by atoms with Crippen molar-refractivity contribution >= 4 is 23.4 Å². The summed E-state index contributed by atoms with van der Waals surface area (Å²) >= 11 is 5.79. The number of nitrogens with one attached hydrogen (secondary N) is 1.